The van der Waals surface area contributed by atoms with Crippen LogP contribution >= 0.6 is 22.9 Å². The molecule has 20 heavy (non-hydrogen) atoms. The van der Waals surface area contributed by atoms with Crippen LogP contribution in [-0.4, -0.2) is 19.5 Å². The van der Waals surface area contributed by atoms with Crippen molar-refractivity contribution in [2.75, 3.05) is 4.72 Å². The highest BCUT2D eigenvalue weighted by atomic mass is 35.5. The summed E-state index contributed by atoms with van der Waals surface area (Å²) >= 11 is 7.03. The van der Waals surface area contributed by atoms with Gasteiger partial charge in [-0.1, -0.05) is 11.6 Å². The van der Waals surface area contributed by atoms with E-state index in [0.717, 1.165) is 16.2 Å². The number of hydrogen-bond acceptors (Lipinski definition) is 4. The molecule has 0 atom stereocenters. The van der Waals surface area contributed by atoms with Gasteiger partial charge in [0.25, 0.3) is 10.0 Å². The second-order valence-corrected chi connectivity index (χ2v) is 7.57. The predicted molar refractivity (Wildman–Crippen MR) is 78.3 cm³/mol. The van der Waals surface area contributed by atoms with Crippen molar-refractivity contribution in [3.63, 3.8) is 0 Å². The molecule has 2 rings (SSSR count). The molecule has 0 aliphatic heterocycles. The lowest BCUT2D eigenvalue weighted by atomic mass is 10.2. The number of thiophene rings is 1. The average Bonchev–Trinajstić information content (AvgIpc) is 2.79. The highest BCUT2D eigenvalue weighted by molar-refractivity contribution is 7.94. The first-order valence-corrected chi connectivity index (χ1v) is 8.09. The van der Waals surface area contributed by atoms with Crippen LogP contribution in [0.25, 0.3) is 0 Å². The Labute approximate surface area is 124 Å². The minimum absolute atomic E-state index is 0.00934. The van der Waals surface area contributed by atoms with Crippen LogP contribution in [0.15, 0.2) is 34.5 Å². The van der Waals surface area contributed by atoms with Crippen molar-refractivity contribution in [3.8, 4) is 0 Å². The summed E-state index contributed by atoms with van der Waals surface area (Å²) in [4.78, 5) is 11.7. The number of rotatable bonds is 4. The van der Waals surface area contributed by atoms with Gasteiger partial charge in [0, 0.05) is 4.88 Å². The minimum Gasteiger partial charge on any atom is -0.478 e. The Morgan fingerprint density at radius 3 is 2.50 bits per heavy atom. The molecule has 0 radical (unpaired) electrons. The number of benzene rings is 1. The highest BCUT2D eigenvalue weighted by Crippen LogP contribution is 2.28. The first kappa shape index (κ1) is 14.8. The summed E-state index contributed by atoms with van der Waals surface area (Å²) in [6.45, 7) is 1.80. The summed E-state index contributed by atoms with van der Waals surface area (Å²) in [6.07, 6.45) is 0. The summed E-state index contributed by atoms with van der Waals surface area (Å²) in [6, 6.07) is 7.01. The van der Waals surface area contributed by atoms with Gasteiger partial charge in [-0.3, -0.25) is 4.72 Å². The lowest BCUT2D eigenvalue weighted by molar-refractivity contribution is 0.0697. The Morgan fingerprint density at radius 2 is 2.00 bits per heavy atom. The predicted octanol–water partition coefficient (Wildman–Crippen LogP) is 3.21. The Kier molecular flexibility index (Phi) is 4.03. The zero-order chi connectivity index (χ0) is 14.9. The normalized spacial score (nSPS) is 11.3. The van der Waals surface area contributed by atoms with Gasteiger partial charge in [-0.2, -0.15) is 0 Å². The maximum atomic E-state index is 12.1. The zero-order valence-electron chi connectivity index (χ0n) is 10.3. The van der Waals surface area contributed by atoms with Crippen LogP contribution in [-0.2, 0) is 10.0 Å². The lowest BCUT2D eigenvalue weighted by Crippen LogP contribution is -2.12. The highest BCUT2D eigenvalue weighted by Gasteiger charge is 2.18. The number of aryl methyl sites for hydroxylation is 1. The van der Waals surface area contributed by atoms with Crippen LogP contribution in [0, 0.1) is 6.92 Å². The minimum atomic E-state index is -3.71. The van der Waals surface area contributed by atoms with E-state index in [-0.39, 0.29) is 20.5 Å². The van der Waals surface area contributed by atoms with Crippen LogP contribution in [0.4, 0.5) is 5.69 Å². The van der Waals surface area contributed by atoms with Gasteiger partial charge in [-0.05, 0) is 37.3 Å². The molecular weight excluding hydrogens is 322 g/mol. The molecule has 2 N–H and O–H groups in total. The van der Waals surface area contributed by atoms with Gasteiger partial charge < -0.3 is 5.11 Å². The first-order chi connectivity index (χ1) is 9.29. The third kappa shape index (κ3) is 3.12. The van der Waals surface area contributed by atoms with Crippen molar-refractivity contribution < 1.29 is 18.3 Å². The van der Waals surface area contributed by atoms with Crippen molar-refractivity contribution in [1.82, 2.24) is 0 Å². The lowest BCUT2D eigenvalue weighted by Gasteiger charge is -2.08. The van der Waals surface area contributed by atoms with Crippen molar-refractivity contribution in [2.24, 2.45) is 0 Å². The number of hydrogen-bond donors (Lipinski definition) is 2. The van der Waals surface area contributed by atoms with Crippen molar-refractivity contribution >= 4 is 44.6 Å². The van der Waals surface area contributed by atoms with E-state index in [1.54, 1.807) is 13.0 Å². The maximum Gasteiger partial charge on any atom is 0.335 e. The number of carboxylic acid groups (broad SMARTS) is 1. The molecule has 0 bridgehead atoms. The fourth-order valence-corrected chi connectivity index (χ4v) is 4.13. The number of anilines is 1. The van der Waals surface area contributed by atoms with Crippen LogP contribution in [0.5, 0.6) is 0 Å². The van der Waals surface area contributed by atoms with Gasteiger partial charge in [-0.15, -0.1) is 11.3 Å². The topological polar surface area (TPSA) is 83.5 Å². The molecule has 1 heterocycles. The van der Waals surface area contributed by atoms with Crippen molar-refractivity contribution in [3.05, 3.63) is 45.8 Å². The maximum absolute atomic E-state index is 12.1. The number of carboxylic acids is 1. The van der Waals surface area contributed by atoms with Crippen LogP contribution in [0.1, 0.15) is 15.2 Å². The van der Waals surface area contributed by atoms with Crippen LogP contribution in [0.3, 0.4) is 0 Å². The smallest absolute Gasteiger partial charge is 0.335 e. The summed E-state index contributed by atoms with van der Waals surface area (Å²) in [5, 5.41) is 8.85. The summed E-state index contributed by atoms with van der Waals surface area (Å²) < 4.78 is 26.7. The van der Waals surface area contributed by atoms with E-state index in [1.807, 2.05) is 0 Å². The molecule has 106 valence electrons. The fraction of sp³-hybridized carbons (Fsp3) is 0.0833. The monoisotopic (exact) mass is 331 g/mol. The van der Waals surface area contributed by atoms with Crippen molar-refractivity contribution in [1.29, 1.82) is 0 Å². The fourth-order valence-electron chi connectivity index (χ4n) is 1.48. The standard InChI is InChI=1S/C12H10ClNO4S2/c1-7-2-5-11(19-7)20(17,18)14-10-4-3-8(12(15)16)6-9(10)13/h2-6,14H,1H3,(H,15,16). The number of sulfonamides is 1. The van der Waals surface area contributed by atoms with E-state index in [4.69, 9.17) is 16.7 Å². The summed E-state index contributed by atoms with van der Waals surface area (Å²) in [5.41, 5.74) is 0.132. The second-order valence-electron chi connectivity index (χ2n) is 3.97. The number of aromatic carboxylic acids is 1. The first-order valence-electron chi connectivity index (χ1n) is 5.42. The Bertz CT molecular complexity index is 768. The van der Waals surface area contributed by atoms with E-state index in [9.17, 15) is 13.2 Å². The Hall–Kier alpha value is -1.57. The number of carbonyl (C=O) groups is 1. The summed E-state index contributed by atoms with van der Waals surface area (Å²) in [7, 11) is -3.71. The average molecular weight is 332 g/mol. The zero-order valence-corrected chi connectivity index (χ0v) is 12.6. The molecular formula is C12H10ClNO4S2. The molecule has 0 fully saturated rings. The molecule has 0 saturated carbocycles. The van der Waals surface area contributed by atoms with Gasteiger partial charge in [0.1, 0.15) is 4.21 Å². The van der Waals surface area contributed by atoms with Gasteiger partial charge in [0.15, 0.2) is 0 Å². The third-order valence-corrected chi connectivity index (χ3v) is 5.61. The molecule has 0 saturated heterocycles. The molecule has 1 aromatic heterocycles. The van der Waals surface area contributed by atoms with Gasteiger partial charge in [-0.25, -0.2) is 13.2 Å². The van der Waals surface area contributed by atoms with Gasteiger partial charge in [0.2, 0.25) is 0 Å². The molecule has 0 amide bonds. The van der Waals surface area contributed by atoms with Crippen LogP contribution < -0.4 is 4.72 Å². The Morgan fingerprint density at radius 1 is 1.30 bits per heavy atom. The van der Waals surface area contributed by atoms with Crippen molar-refractivity contribution in [2.45, 2.75) is 11.1 Å². The van der Waals surface area contributed by atoms with E-state index < -0.39 is 16.0 Å². The van der Waals surface area contributed by atoms with E-state index >= 15 is 0 Å². The van der Waals surface area contributed by atoms with E-state index in [1.165, 1.54) is 24.3 Å². The van der Waals surface area contributed by atoms with Gasteiger partial charge >= 0.3 is 5.97 Å². The molecule has 0 spiro atoms. The Balaban J connectivity index is 2.32. The summed E-state index contributed by atoms with van der Waals surface area (Å²) in [5.74, 6) is -1.13. The van der Waals surface area contributed by atoms with E-state index in [2.05, 4.69) is 4.72 Å². The largest absolute Gasteiger partial charge is 0.478 e. The molecule has 0 aliphatic carbocycles. The third-order valence-electron chi connectivity index (χ3n) is 2.44. The van der Waals surface area contributed by atoms with E-state index in [0.29, 0.717) is 0 Å². The molecule has 5 nitrogen and oxygen atoms in total. The molecule has 0 unspecified atom stereocenters. The number of halogens is 1. The second kappa shape index (κ2) is 5.43. The molecule has 0 aliphatic rings. The molecule has 8 heteroatoms. The number of nitrogens with one attached hydrogen (secondary N) is 1. The molecule has 1 aromatic carbocycles. The van der Waals surface area contributed by atoms with Gasteiger partial charge in [0.05, 0.1) is 16.3 Å². The quantitative estimate of drug-likeness (QED) is 0.901. The molecule has 2 aromatic rings. The van der Waals surface area contributed by atoms with Crippen LogP contribution in [0.2, 0.25) is 5.02 Å². The SMILES string of the molecule is Cc1ccc(S(=O)(=O)Nc2ccc(C(=O)O)cc2Cl)s1.